The Morgan fingerprint density at radius 1 is 1.16 bits per heavy atom. The molecule has 1 spiro atoms. The SMILES string of the molecule is O=C(/C=C\c1ccccc1OC(F)(F)F)N1CCC2(CC1)OCCO2. The molecule has 3 rings (SSSR count). The number of halogens is 3. The molecule has 0 aromatic heterocycles. The highest BCUT2D eigenvalue weighted by Crippen LogP contribution is 2.31. The van der Waals surface area contributed by atoms with Gasteiger partial charge in [-0.25, -0.2) is 0 Å². The Balaban J connectivity index is 1.62. The molecule has 8 heteroatoms. The van der Waals surface area contributed by atoms with Crippen molar-refractivity contribution >= 4 is 12.0 Å². The van der Waals surface area contributed by atoms with Gasteiger partial charge in [-0.05, 0) is 12.1 Å². The van der Waals surface area contributed by atoms with Crippen LogP contribution in [0.1, 0.15) is 18.4 Å². The molecule has 2 fully saturated rings. The van der Waals surface area contributed by atoms with Gasteiger partial charge in [0.15, 0.2) is 5.79 Å². The lowest BCUT2D eigenvalue weighted by Gasteiger charge is -2.37. The van der Waals surface area contributed by atoms with E-state index in [1.54, 1.807) is 11.0 Å². The lowest BCUT2D eigenvalue weighted by Crippen LogP contribution is -2.46. The average Bonchev–Trinajstić information content (AvgIpc) is 3.01. The number of ether oxygens (including phenoxy) is 3. The molecule has 0 bridgehead atoms. The van der Waals surface area contributed by atoms with Crippen molar-refractivity contribution in [1.29, 1.82) is 0 Å². The standard InChI is InChI=1S/C17H18F3NO4/c18-17(19,20)25-14-4-2-1-3-13(14)5-6-15(22)21-9-7-16(8-10-21)23-11-12-24-16/h1-6H,7-12H2/b6-5-. The maximum absolute atomic E-state index is 12.4. The molecule has 0 atom stereocenters. The molecule has 0 saturated carbocycles. The van der Waals surface area contributed by atoms with Crippen molar-refractivity contribution in [3.8, 4) is 5.75 Å². The van der Waals surface area contributed by atoms with Gasteiger partial charge in [0.05, 0.1) is 13.2 Å². The van der Waals surface area contributed by atoms with E-state index in [1.165, 1.54) is 30.4 Å². The minimum Gasteiger partial charge on any atom is -0.405 e. The van der Waals surface area contributed by atoms with Crippen LogP contribution in [0.3, 0.4) is 0 Å². The molecular formula is C17H18F3NO4. The van der Waals surface area contributed by atoms with Gasteiger partial charge in [0.25, 0.3) is 0 Å². The number of alkyl halides is 3. The summed E-state index contributed by atoms with van der Waals surface area (Å²) in [6, 6.07) is 5.67. The first kappa shape index (κ1) is 17.8. The van der Waals surface area contributed by atoms with Gasteiger partial charge in [-0.2, -0.15) is 0 Å². The summed E-state index contributed by atoms with van der Waals surface area (Å²) in [4.78, 5) is 13.9. The summed E-state index contributed by atoms with van der Waals surface area (Å²) in [6.07, 6.45) is -1.03. The third-order valence-corrected chi connectivity index (χ3v) is 4.20. The van der Waals surface area contributed by atoms with Crippen molar-refractivity contribution in [3.63, 3.8) is 0 Å². The van der Waals surface area contributed by atoms with Crippen LogP contribution < -0.4 is 4.74 Å². The fourth-order valence-corrected chi connectivity index (χ4v) is 2.96. The van der Waals surface area contributed by atoms with Crippen molar-refractivity contribution in [2.24, 2.45) is 0 Å². The molecule has 0 N–H and O–H groups in total. The molecule has 1 aromatic carbocycles. The third-order valence-electron chi connectivity index (χ3n) is 4.20. The van der Waals surface area contributed by atoms with E-state index in [0.717, 1.165) is 0 Å². The number of piperidine rings is 1. The van der Waals surface area contributed by atoms with Gasteiger partial charge in [0, 0.05) is 37.6 Å². The lowest BCUT2D eigenvalue weighted by molar-refractivity contribution is -0.274. The Morgan fingerprint density at radius 3 is 2.44 bits per heavy atom. The number of carbonyl (C=O) groups is 1. The first-order valence-corrected chi connectivity index (χ1v) is 7.97. The smallest absolute Gasteiger partial charge is 0.405 e. The molecule has 0 aliphatic carbocycles. The van der Waals surface area contributed by atoms with E-state index in [1.807, 2.05) is 0 Å². The first-order chi connectivity index (χ1) is 11.9. The number of benzene rings is 1. The normalized spacial score (nSPS) is 20.4. The number of para-hydroxylation sites is 1. The largest absolute Gasteiger partial charge is 0.573 e. The Kier molecular flexibility index (Phi) is 5.01. The molecule has 5 nitrogen and oxygen atoms in total. The highest BCUT2D eigenvalue weighted by molar-refractivity contribution is 5.92. The highest BCUT2D eigenvalue weighted by atomic mass is 19.4. The Hall–Kier alpha value is -2.06. The Bertz CT molecular complexity index is 644. The van der Waals surface area contributed by atoms with Crippen LogP contribution in [0.15, 0.2) is 30.3 Å². The fraction of sp³-hybridized carbons (Fsp3) is 0.471. The number of amides is 1. The van der Waals surface area contributed by atoms with Gasteiger partial charge in [0.1, 0.15) is 5.75 Å². The maximum Gasteiger partial charge on any atom is 0.573 e. The van der Waals surface area contributed by atoms with Crippen LogP contribution in [-0.2, 0) is 14.3 Å². The van der Waals surface area contributed by atoms with Crippen LogP contribution in [0, 0.1) is 0 Å². The number of rotatable bonds is 3. The number of hydrogen-bond donors (Lipinski definition) is 0. The molecule has 0 unspecified atom stereocenters. The third kappa shape index (κ3) is 4.52. The van der Waals surface area contributed by atoms with Crippen molar-refractivity contribution in [1.82, 2.24) is 4.90 Å². The number of likely N-dealkylation sites (tertiary alicyclic amines) is 1. The Morgan fingerprint density at radius 2 is 1.80 bits per heavy atom. The first-order valence-electron chi connectivity index (χ1n) is 7.97. The summed E-state index contributed by atoms with van der Waals surface area (Å²) in [5.74, 6) is -1.19. The van der Waals surface area contributed by atoms with Crippen molar-refractivity contribution in [2.75, 3.05) is 26.3 Å². The molecule has 1 aromatic rings. The van der Waals surface area contributed by atoms with E-state index < -0.39 is 12.1 Å². The average molecular weight is 357 g/mol. The van der Waals surface area contributed by atoms with E-state index in [9.17, 15) is 18.0 Å². The second-order valence-electron chi connectivity index (χ2n) is 5.85. The van der Waals surface area contributed by atoms with Crippen molar-refractivity contribution < 1.29 is 32.2 Å². The summed E-state index contributed by atoms with van der Waals surface area (Å²) < 4.78 is 52.4. The van der Waals surface area contributed by atoms with Crippen molar-refractivity contribution in [2.45, 2.75) is 25.0 Å². The highest BCUT2D eigenvalue weighted by Gasteiger charge is 2.40. The van der Waals surface area contributed by atoms with Crippen LogP contribution in [0.4, 0.5) is 13.2 Å². The molecule has 0 radical (unpaired) electrons. The van der Waals surface area contributed by atoms with E-state index in [-0.39, 0.29) is 17.2 Å². The molecule has 136 valence electrons. The van der Waals surface area contributed by atoms with Crippen LogP contribution in [-0.4, -0.2) is 49.3 Å². The zero-order chi connectivity index (χ0) is 17.9. The Labute approximate surface area is 143 Å². The maximum atomic E-state index is 12.4. The van der Waals surface area contributed by atoms with E-state index in [2.05, 4.69) is 4.74 Å². The monoisotopic (exact) mass is 357 g/mol. The fourth-order valence-electron chi connectivity index (χ4n) is 2.96. The quantitative estimate of drug-likeness (QED) is 0.781. The predicted molar refractivity (Wildman–Crippen MR) is 82.6 cm³/mol. The minimum atomic E-state index is -4.78. The van der Waals surface area contributed by atoms with E-state index >= 15 is 0 Å². The van der Waals surface area contributed by atoms with Gasteiger partial charge < -0.3 is 19.1 Å². The molecule has 2 saturated heterocycles. The topological polar surface area (TPSA) is 48.0 Å². The van der Waals surface area contributed by atoms with Gasteiger partial charge in [-0.3, -0.25) is 4.79 Å². The summed E-state index contributed by atoms with van der Waals surface area (Å²) >= 11 is 0. The van der Waals surface area contributed by atoms with E-state index in [0.29, 0.717) is 39.1 Å². The lowest BCUT2D eigenvalue weighted by atomic mass is 10.0. The molecular weight excluding hydrogens is 339 g/mol. The van der Waals surface area contributed by atoms with E-state index in [4.69, 9.17) is 9.47 Å². The molecule has 2 aliphatic heterocycles. The predicted octanol–water partition coefficient (Wildman–Crippen LogP) is 2.96. The summed E-state index contributed by atoms with van der Waals surface area (Å²) in [7, 11) is 0. The summed E-state index contributed by atoms with van der Waals surface area (Å²) in [5, 5.41) is 0. The number of carbonyl (C=O) groups excluding carboxylic acids is 1. The number of hydrogen-bond acceptors (Lipinski definition) is 4. The number of nitrogens with zero attached hydrogens (tertiary/aromatic N) is 1. The van der Waals surface area contributed by atoms with Crippen molar-refractivity contribution in [3.05, 3.63) is 35.9 Å². The summed E-state index contributed by atoms with van der Waals surface area (Å²) in [5.41, 5.74) is 0.184. The van der Waals surface area contributed by atoms with Gasteiger partial charge in [0.2, 0.25) is 5.91 Å². The zero-order valence-corrected chi connectivity index (χ0v) is 13.4. The molecule has 25 heavy (non-hydrogen) atoms. The van der Waals surface area contributed by atoms with Crippen LogP contribution in [0.25, 0.3) is 6.08 Å². The zero-order valence-electron chi connectivity index (χ0n) is 13.4. The molecule has 1 amide bonds. The van der Waals surface area contributed by atoms with Gasteiger partial charge in [-0.15, -0.1) is 13.2 Å². The second-order valence-corrected chi connectivity index (χ2v) is 5.85. The second kappa shape index (κ2) is 7.05. The van der Waals surface area contributed by atoms with Crippen LogP contribution in [0.5, 0.6) is 5.75 Å². The summed E-state index contributed by atoms with van der Waals surface area (Å²) in [6.45, 7) is 2.07. The van der Waals surface area contributed by atoms with Gasteiger partial charge >= 0.3 is 6.36 Å². The van der Waals surface area contributed by atoms with Crippen LogP contribution in [0.2, 0.25) is 0 Å². The minimum absolute atomic E-state index is 0.184. The van der Waals surface area contributed by atoms with Gasteiger partial charge in [-0.1, -0.05) is 18.2 Å². The van der Waals surface area contributed by atoms with Crippen LogP contribution >= 0.6 is 0 Å². The molecule has 2 heterocycles. The molecule has 2 aliphatic rings.